The zero-order valence-corrected chi connectivity index (χ0v) is 27.1. The number of carbonyl (C=O) groups is 2. The van der Waals surface area contributed by atoms with Crippen LogP contribution in [0.2, 0.25) is 0 Å². The number of phosphoric acid groups is 1. The maximum Gasteiger partial charge on any atom is 0.472 e. The highest BCUT2D eigenvalue weighted by molar-refractivity contribution is 7.46. The summed E-state index contributed by atoms with van der Waals surface area (Å²) < 4.78 is 22.8. The van der Waals surface area contributed by atoms with E-state index < -0.39 is 14.1 Å². The number of nitrogens with zero attached hydrogens (tertiary/aromatic N) is 1. The molecule has 41 heavy (non-hydrogen) atoms. The Hall–Kier alpha value is -1.77. The van der Waals surface area contributed by atoms with Crippen LogP contribution in [0.3, 0.4) is 0 Å². The third-order valence-electron chi connectivity index (χ3n) is 6.79. The van der Waals surface area contributed by atoms with Crippen LogP contribution in [0.1, 0.15) is 127 Å². The molecule has 0 radical (unpaired) electrons. The number of nitrogens with one attached hydrogen (secondary N) is 1. The van der Waals surface area contributed by atoms with Crippen LogP contribution >= 0.6 is 7.82 Å². The Morgan fingerprint density at radius 2 is 1.34 bits per heavy atom. The van der Waals surface area contributed by atoms with Crippen molar-refractivity contribution in [3.8, 4) is 5.75 Å². The van der Waals surface area contributed by atoms with Crippen molar-refractivity contribution in [1.29, 1.82) is 0 Å². The van der Waals surface area contributed by atoms with E-state index in [1.165, 1.54) is 44.9 Å². The summed E-state index contributed by atoms with van der Waals surface area (Å²) in [5, 5.41) is 2.90. The number of benzene rings is 1. The fourth-order valence-electron chi connectivity index (χ4n) is 4.61. The molecule has 0 bridgehead atoms. The summed E-state index contributed by atoms with van der Waals surface area (Å²) in [6.07, 6.45) is 14.8. The monoisotopic (exact) mass is 599 g/mol. The molecule has 1 atom stereocenters. The van der Waals surface area contributed by atoms with Gasteiger partial charge in [-0.25, -0.2) is 9.09 Å². The van der Waals surface area contributed by atoms with Gasteiger partial charge in [0.2, 0.25) is 5.91 Å². The molecule has 1 aromatic carbocycles. The average Bonchev–Trinajstić information content (AvgIpc) is 2.86. The van der Waals surface area contributed by atoms with Crippen LogP contribution in [0, 0.1) is 0 Å². The van der Waals surface area contributed by atoms with Gasteiger partial charge in [-0.15, -0.1) is 0 Å². The van der Waals surface area contributed by atoms with Crippen LogP contribution in [0.25, 0.3) is 0 Å². The van der Waals surface area contributed by atoms with Crippen LogP contribution in [-0.2, 0) is 13.9 Å². The number of hydrogen-bond acceptors (Lipinski definition) is 5. The zero-order chi connectivity index (χ0) is 30.7. The van der Waals surface area contributed by atoms with Crippen LogP contribution in [0.15, 0.2) is 18.2 Å². The first kappa shape index (κ1) is 37.3. The van der Waals surface area contributed by atoms with E-state index in [0.717, 1.165) is 44.9 Å². The second-order valence-electron chi connectivity index (χ2n) is 12.0. The van der Waals surface area contributed by atoms with Crippen molar-refractivity contribution >= 4 is 25.2 Å². The Labute approximate surface area is 248 Å². The van der Waals surface area contributed by atoms with Crippen molar-refractivity contribution < 1.29 is 37.7 Å². The molecule has 236 valence electrons. The number of rotatable bonds is 24. The van der Waals surface area contributed by atoms with E-state index in [-0.39, 0.29) is 29.5 Å². The van der Waals surface area contributed by atoms with Crippen LogP contribution in [0.5, 0.6) is 5.75 Å². The summed E-state index contributed by atoms with van der Waals surface area (Å²) in [6.45, 7) is 4.51. The topological polar surface area (TPSA) is 122 Å². The maximum absolute atomic E-state index is 13.3. The molecule has 1 aromatic rings. The van der Waals surface area contributed by atoms with Gasteiger partial charge in [0.25, 0.3) is 6.29 Å². The van der Waals surface area contributed by atoms with E-state index >= 15 is 0 Å². The van der Waals surface area contributed by atoms with Crippen molar-refractivity contribution in [2.24, 2.45) is 0 Å². The Morgan fingerprint density at radius 3 is 1.85 bits per heavy atom. The van der Waals surface area contributed by atoms with Gasteiger partial charge < -0.3 is 24.3 Å². The molecule has 3 N–H and O–H groups in total. The molecule has 0 saturated carbocycles. The quantitative estimate of drug-likeness (QED) is 0.0367. The third kappa shape index (κ3) is 19.1. The molecule has 9 nitrogen and oxygen atoms in total. The molecule has 10 heteroatoms. The Morgan fingerprint density at radius 1 is 0.829 bits per heavy atom. The average molecular weight is 600 g/mol. The van der Waals surface area contributed by atoms with Gasteiger partial charge in [0.05, 0.1) is 26.7 Å². The predicted octanol–water partition coefficient (Wildman–Crippen LogP) is 7.61. The molecule has 1 amide bonds. The lowest BCUT2D eigenvalue weighted by Crippen LogP contribution is -2.44. The van der Waals surface area contributed by atoms with E-state index in [1.54, 1.807) is 18.2 Å². The number of carbonyl (C=O) groups excluding carboxylic acids is 2. The highest BCUT2D eigenvalue weighted by Crippen LogP contribution is 2.39. The number of ether oxygens (including phenoxy) is 1. The Kier molecular flexibility index (Phi) is 18.3. The molecule has 0 aromatic heterocycles. The zero-order valence-electron chi connectivity index (χ0n) is 26.2. The van der Waals surface area contributed by atoms with Gasteiger partial charge in [0, 0.05) is 18.5 Å². The molecule has 0 fully saturated rings. The molecule has 1 unspecified atom stereocenters. The first-order valence-electron chi connectivity index (χ1n) is 15.5. The van der Waals surface area contributed by atoms with Gasteiger partial charge in [-0.05, 0) is 31.0 Å². The van der Waals surface area contributed by atoms with Crippen LogP contribution < -0.4 is 10.1 Å². The lowest BCUT2D eigenvalue weighted by atomic mass is 10.0. The summed E-state index contributed by atoms with van der Waals surface area (Å²) in [5.41, 5.74) is 0.762. The number of hydrogen-bond donors (Lipinski definition) is 3. The van der Waals surface area contributed by atoms with E-state index in [4.69, 9.17) is 9.26 Å². The molecule has 0 aliphatic carbocycles. The predicted molar refractivity (Wildman–Crippen MR) is 165 cm³/mol. The minimum absolute atomic E-state index is 0.106. The standard InChI is InChI=1S/C31H55N2O7P/c1-6-8-10-12-14-16-18-20-28(34)27-24-26(32-30(35)21-19-17-15-13-11-9-7-2)22-23-29(27)39-31(25-33(3,4)5)40-41(36,37)38/h22-24,31H,6-21,25H2,1-5H3,(H2-,32,35,36,37,38)/p+1. The molecular formula is C31H56N2O7P+. The van der Waals surface area contributed by atoms with Gasteiger partial charge >= 0.3 is 7.82 Å². The number of amides is 1. The minimum atomic E-state index is -4.84. The maximum atomic E-state index is 13.3. The molecule has 1 rings (SSSR count). The van der Waals surface area contributed by atoms with Crippen molar-refractivity contribution in [3.05, 3.63) is 23.8 Å². The Bertz CT molecular complexity index is 943. The highest BCUT2D eigenvalue weighted by Gasteiger charge is 2.30. The van der Waals surface area contributed by atoms with E-state index in [2.05, 4.69) is 19.2 Å². The van der Waals surface area contributed by atoms with Gasteiger partial charge in [-0.2, -0.15) is 0 Å². The summed E-state index contributed by atoms with van der Waals surface area (Å²) in [6, 6.07) is 4.80. The first-order chi connectivity index (χ1) is 19.3. The molecule has 0 spiro atoms. The lowest BCUT2D eigenvalue weighted by molar-refractivity contribution is -0.875. The minimum Gasteiger partial charge on any atom is -0.457 e. The van der Waals surface area contributed by atoms with Crippen molar-refractivity contribution in [3.63, 3.8) is 0 Å². The summed E-state index contributed by atoms with van der Waals surface area (Å²) in [7, 11) is 0.684. The number of anilines is 1. The van der Waals surface area contributed by atoms with E-state index in [0.29, 0.717) is 23.0 Å². The number of Topliss-reactive ketones (excluding diaryl/α,β-unsaturated/α-hetero) is 1. The van der Waals surface area contributed by atoms with E-state index in [1.807, 2.05) is 21.1 Å². The van der Waals surface area contributed by atoms with Crippen LogP contribution in [-0.4, -0.2) is 59.9 Å². The smallest absolute Gasteiger partial charge is 0.457 e. The van der Waals surface area contributed by atoms with Crippen molar-refractivity contribution in [1.82, 2.24) is 0 Å². The summed E-state index contributed by atoms with van der Waals surface area (Å²) >= 11 is 0. The van der Waals surface area contributed by atoms with Crippen molar-refractivity contribution in [2.45, 2.75) is 123 Å². The van der Waals surface area contributed by atoms with Crippen molar-refractivity contribution in [2.75, 3.05) is 33.0 Å². The summed E-state index contributed by atoms with van der Waals surface area (Å²) in [5.74, 6) is -0.0720. The summed E-state index contributed by atoms with van der Waals surface area (Å²) in [4.78, 5) is 44.8. The Balaban J connectivity index is 2.95. The number of ketones is 1. The normalized spacial score (nSPS) is 12.8. The van der Waals surface area contributed by atoms with E-state index in [9.17, 15) is 23.9 Å². The molecule has 0 saturated heterocycles. The fourth-order valence-corrected chi connectivity index (χ4v) is 5.02. The fraction of sp³-hybridized carbons (Fsp3) is 0.742. The van der Waals surface area contributed by atoms with Gasteiger partial charge in [-0.3, -0.25) is 9.59 Å². The van der Waals surface area contributed by atoms with Crippen LogP contribution in [0.4, 0.5) is 5.69 Å². The molecule has 0 aliphatic heterocycles. The van der Waals surface area contributed by atoms with Gasteiger partial charge in [0.15, 0.2) is 5.78 Å². The highest BCUT2D eigenvalue weighted by atomic mass is 31.2. The number of quaternary nitrogens is 1. The molecule has 0 heterocycles. The number of phosphoric ester groups is 1. The number of unbranched alkanes of at least 4 members (excludes halogenated alkanes) is 12. The second-order valence-corrected chi connectivity index (χ2v) is 13.2. The third-order valence-corrected chi connectivity index (χ3v) is 7.30. The SMILES string of the molecule is CCCCCCCCCC(=O)Nc1ccc(OC(C[N+](C)(C)C)OP(=O)(O)O)c(C(=O)CCCCCCCCC)c1. The second kappa shape index (κ2) is 20.2. The number of likely N-dealkylation sites (N-methyl/N-ethyl adjacent to an activating group) is 1. The molecular weight excluding hydrogens is 543 g/mol. The first-order valence-corrected chi connectivity index (χ1v) is 17.1. The van der Waals surface area contributed by atoms with Gasteiger partial charge in [0.1, 0.15) is 12.3 Å². The lowest BCUT2D eigenvalue weighted by Gasteiger charge is -2.29. The largest absolute Gasteiger partial charge is 0.472 e. The molecule has 0 aliphatic rings. The van der Waals surface area contributed by atoms with Gasteiger partial charge in [-0.1, -0.05) is 90.9 Å².